The van der Waals surface area contributed by atoms with Crippen LogP contribution in [0.1, 0.15) is 0 Å². The van der Waals surface area contributed by atoms with Gasteiger partial charge in [-0.05, 0) is 0 Å². The molecule has 28 heavy (non-hydrogen) atoms. The predicted molar refractivity (Wildman–Crippen MR) is 83.2 cm³/mol. The highest BCUT2D eigenvalue weighted by Crippen LogP contribution is 2.30. The fourth-order valence-corrected chi connectivity index (χ4v) is 3.35. The molecule has 0 spiro atoms. The van der Waals surface area contributed by atoms with E-state index in [0.29, 0.717) is 0 Å². The highest BCUT2D eigenvalue weighted by Gasteiger charge is 2.51. The lowest BCUT2D eigenvalue weighted by molar-refractivity contribution is -0.227. The first kappa shape index (κ1) is 22.2. The number of rotatable bonds is 7. The second-order valence-electron chi connectivity index (χ2n) is 6.90. The van der Waals surface area contributed by atoms with Crippen molar-refractivity contribution >= 4 is 0 Å². The first-order chi connectivity index (χ1) is 13.3. The Kier molecular flexibility index (Phi) is 7.20. The van der Waals surface area contributed by atoms with Gasteiger partial charge in [0.1, 0.15) is 54.9 Å². The van der Waals surface area contributed by atoms with Crippen molar-refractivity contribution in [3.8, 4) is 0 Å². The Morgan fingerprint density at radius 2 is 1.14 bits per heavy atom. The van der Waals surface area contributed by atoms with Crippen molar-refractivity contribution in [3.05, 3.63) is 0 Å². The van der Waals surface area contributed by atoms with Gasteiger partial charge in [0.25, 0.3) is 0 Å². The molecule has 0 aromatic heterocycles. The number of hydrogen-bond acceptors (Lipinski definition) is 13. The van der Waals surface area contributed by atoms with Gasteiger partial charge in [-0.2, -0.15) is 0 Å². The molecule has 0 aromatic carbocycles. The second kappa shape index (κ2) is 9.09. The molecule has 3 aliphatic heterocycles. The molecule has 0 unspecified atom stereocenters. The van der Waals surface area contributed by atoms with Crippen molar-refractivity contribution < 1.29 is 64.5 Å². The van der Waals surface area contributed by atoms with Crippen LogP contribution < -0.4 is 0 Å². The van der Waals surface area contributed by atoms with E-state index in [9.17, 15) is 30.6 Å². The number of ether oxygens (including phenoxy) is 5. The van der Waals surface area contributed by atoms with E-state index < -0.39 is 87.0 Å². The van der Waals surface area contributed by atoms with E-state index in [2.05, 4.69) is 0 Å². The van der Waals surface area contributed by atoms with E-state index in [1.807, 2.05) is 0 Å². The van der Waals surface area contributed by atoms with E-state index in [-0.39, 0.29) is 6.61 Å². The first-order valence-electron chi connectivity index (χ1n) is 8.82. The lowest BCUT2D eigenvalue weighted by Crippen LogP contribution is -2.44. The number of hydrogen-bond donors (Lipinski definition) is 8. The van der Waals surface area contributed by atoms with Crippen LogP contribution in [0.25, 0.3) is 0 Å². The predicted octanol–water partition coefficient (Wildman–Crippen LogP) is -5.66. The van der Waals surface area contributed by atoms with Crippen molar-refractivity contribution in [2.24, 2.45) is 0 Å². The molecule has 0 saturated carbocycles. The van der Waals surface area contributed by atoms with Crippen molar-refractivity contribution in [1.29, 1.82) is 0 Å². The summed E-state index contributed by atoms with van der Waals surface area (Å²) >= 11 is 0. The van der Waals surface area contributed by atoms with Crippen molar-refractivity contribution in [3.63, 3.8) is 0 Å². The maximum absolute atomic E-state index is 10.1. The molecule has 0 bridgehead atoms. The Labute approximate surface area is 159 Å². The molecule has 3 aliphatic rings. The molecule has 0 amide bonds. The summed E-state index contributed by atoms with van der Waals surface area (Å²) < 4.78 is 26.2. The molecule has 3 saturated heterocycles. The van der Waals surface area contributed by atoms with E-state index >= 15 is 0 Å². The highest BCUT2D eigenvalue weighted by molar-refractivity contribution is 4.92. The number of aliphatic hydroxyl groups excluding tert-OH is 8. The van der Waals surface area contributed by atoms with Gasteiger partial charge in [0, 0.05) is 0 Å². The summed E-state index contributed by atoms with van der Waals surface area (Å²) in [5.41, 5.74) is 0. The van der Waals surface area contributed by atoms with E-state index in [0.717, 1.165) is 0 Å². The maximum atomic E-state index is 10.1. The van der Waals surface area contributed by atoms with Gasteiger partial charge in [0.2, 0.25) is 0 Å². The molecule has 0 radical (unpaired) electrons. The molecule has 0 aliphatic carbocycles. The summed E-state index contributed by atoms with van der Waals surface area (Å²) in [7, 11) is 0. The van der Waals surface area contributed by atoms with Gasteiger partial charge in [-0.1, -0.05) is 0 Å². The topological polar surface area (TPSA) is 208 Å². The van der Waals surface area contributed by atoms with Crippen molar-refractivity contribution in [2.45, 2.75) is 73.8 Å². The maximum Gasteiger partial charge on any atom is 0.187 e. The zero-order chi connectivity index (χ0) is 20.6. The summed E-state index contributed by atoms with van der Waals surface area (Å²) in [6, 6.07) is 0. The van der Waals surface area contributed by atoms with Gasteiger partial charge in [-0.15, -0.1) is 0 Å². The van der Waals surface area contributed by atoms with Crippen LogP contribution in [0.5, 0.6) is 0 Å². The number of aliphatic hydroxyl groups is 8. The highest BCUT2D eigenvalue weighted by atomic mass is 16.7. The summed E-state index contributed by atoms with van der Waals surface area (Å²) in [6.45, 7) is -1.46. The normalized spacial score (nSPS) is 51.9. The lowest BCUT2D eigenvalue weighted by Gasteiger charge is -2.26. The molecule has 8 N–H and O–H groups in total. The Bertz CT molecular complexity index is 508. The third-order valence-corrected chi connectivity index (χ3v) is 5.02. The molecular weight excluding hydrogens is 388 g/mol. The van der Waals surface area contributed by atoms with Crippen molar-refractivity contribution in [1.82, 2.24) is 0 Å². The molecular formula is C15H26O13. The fourth-order valence-electron chi connectivity index (χ4n) is 3.35. The molecule has 0 aromatic rings. The standard InChI is InChI=1S/C15H26O13/c16-1-4-7(18)9(20)14(26-4)24-3-6-12(11(22)13(23)25-6)28-15-10(21)8(19)5(2-17)27-15/h4-23H,1-3H2/t4-,5-,6-,7+,8+,9+,10+,11+,12+,13+,14+,15-/m0/s1. The second-order valence-corrected chi connectivity index (χ2v) is 6.90. The monoisotopic (exact) mass is 414 g/mol. The average Bonchev–Trinajstić information content (AvgIpc) is 3.23. The Balaban J connectivity index is 1.59. The van der Waals surface area contributed by atoms with Crippen LogP contribution in [0.15, 0.2) is 0 Å². The first-order valence-corrected chi connectivity index (χ1v) is 8.82. The van der Waals surface area contributed by atoms with Gasteiger partial charge in [-0.25, -0.2) is 0 Å². The van der Waals surface area contributed by atoms with Crippen molar-refractivity contribution in [2.75, 3.05) is 19.8 Å². The Hall–Kier alpha value is -0.520. The van der Waals surface area contributed by atoms with Gasteiger partial charge in [0.15, 0.2) is 18.9 Å². The molecule has 3 rings (SSSR count). The summed E-state index contributed by atoms with van der Waals surface area (Å²) in [5.74, 6) is 0. The van der Waals surface area contributed by atoms with Crippen LogP contribution in [0, 0.1) is 0 Å². The van der Waals surface area contributed by atoms with Crippen LogP contribution in [-0.2, 0) is 23.7 Å². The summed E-state index contributed by atoms with van der Waals surface area (Å²) in [4.78, 5) is 0. The van der Waals surface area contributed by atoms with E-state index in [1.165, 1.54) is 0 Å². The van der Waals surface area contributed by atoms with Gasteiger partial charge in [0.05, 0.1) is 19.8 Å². The van der Waals surface area contributed by atoms with Crippen LogP contribution in [0.2, 0.25) is 0 Å². The fraction of sp³-hybridized carbons (Fsp3) is 1.00. The molecule has 3 fully saturated rings. The third kappa shape index (κ3) is 4.17. The zero-order valence-corrected chi connectivity index (χ0v) is 14.7. The lowest BCUT2D eigenvalue weighted by atomic mass is 10.1. The minimum absolute atomic E-state index is 0.361. The minimum Gasteiger partial charge on any atom is -0.394 e. The molecule has 164 valence electrons. The van der Waals surface area contributed by atoms with Crippen LogP contribution >= 0.6 is 0 Å². The molecule has 13 nitrogen and oxygen atoms in total. The van der Waals surface area contributed by atoms with Gasteiger partial charge in [-0.3, -0.25) is 0 Å². The zero-order valence-electron chi connectivity index (χ0n) is 14.7. The van der Waals surface area contributed by atoms with Gasteiger partial charge < -0.3 is 64.5 Å². The molecule has 13 heteroatoms. The van der Waals surface area contributed by atoms with Crippen LogP contribution in [0.4, 0.5) is 0 Å². The molecule has 12 atom stereocenters. The Morgan fingerprint density at radius 3 is 1.68 bits per heavy atom. The quantitative estimate of drug-likeness (QED) is 0.196. The molecule has 3 heterocycles. The summed E-state index contributed by atoms with van der Waals surface area (Å²) in [6.07, 6.45) is -16.1. The van der Waals surface area contributed by atoms with Crippen LogP contribution in [0.3, 0.4) is 0 Å². The summed E-state index contributed by atoms with van der Waals surface area (Å²) in [5, 5.41) is 77.3. The largest absolute Gasteiger partial charge is 0.394 e. The minimum atomic E-state index is -1.64. The Morgan fingerprint density at radius 1 is 0.607 bits per heavy atom. The van der Waals surface area contributed by atoms with Gasteiger partial charge >= 0.3 is 0 Å². The van der Waals surface area contributed by atoms with E-state index in [1.54, 1.807) is 0 Å². The smallest absolute Gasteiger partial charge is 0.187 e. The third-order valence-electron chi connectivity index (χ3n) is 5.02. The average molecular weight is 414 g/mol. The van der Waals surface area contributed by atoms with Crippen LogP contribution in [-0.4, -0.2) is 134 Å². The van der Waals surface area contributed by atoms with E-state index in [4.69, 9.17) is 33.9 Å². The SMILES string of the molecule is OC[C@@H]1O[C@@H](OC[C@@H]2O[C@@H](O)[C@H](O)[C@@H]2O[C@@H]2O[C@@H](CO)[C@@H](O)[C@H]2O)[C@H](O)[C@@H]1O.